The Balaban J connectivity index is 1.66. The Morgan fingerprint density at radius 2 is 1.83 bits per heavy atom. The van der Waals surface area contributed by atoms with Crippen LogP contribution in [0.1, 0.15) is 70.8 Å². The lowest BCUT2D eigenvalue weighted by atomic mass is 9.76. The number of benzene rings is 1. The minimum atomic E-state index is -0.562. The third kappa shape index (κ3) is 5.76. The van der Waals surface area contributed by atoms with Crippen molar-refractivity contribution in [2.75, 3.05) is 13.7 Å². The largest absolute Gasteiger partial charge is 0.460 e. The summed E-state index contributed by atoms with van der Waals surface area (Å²) < 4.78 is 10.9. The van der Waals surface area contributed by atoms with Crippen LogP contribution in [0.2, 0.25) is 5.02 Å². The van der Waals surface area contributed by atoms with Crippen molar-refractivity contribution < 1.29 is 19.1 Å². The summed E-state index contributed by atoms with van der Waals surface area (Å²) in [6, 6.07) is 7.99. The number of rotatable bonds is 8. The molecule has 5 nitrogen and oxygen atoms in total. The maximum absolute atomic E-state index is 13.4. The normalized spacial score (nSPS) is 23.6. The monoisotopic (exact) mass is 435 g/mol. The van der Waals surface area contributed by atoms with Crippen molar-refractivity contribution in [1.29, 1.82) is 0 Å². The van der Waals surface area contributed by atoms with E-state index in [4.69, 9.17) is 21.1 Å². The number of ether oxygens (including phenoxy) is 2. The van der Waals surface area contributed by atoms with E-state index in [-0.39, 0.29) is 24.5 Å². The molecule has 2 aliphatic carbocycles. The van der Waals surface area contributed by atoms with Gasteiger partial charge in [-0.3, -0.25) is 9.59 Å². The molecule has 0 bridgehead atoms. The first-order valence-corrected chi connectivity index (χ1v) is 11.3. The molecule has 1 unspecified atom stereocenters. The first-order valence-electron chi connectivity index (χ1n) is 10.9. The van der Waals surface area contributed by atoms with Crippen LogP contribution in [-0.4, -0.2) is 37.2 Å². The van der Waals surface area contributed by atoms with Crippen LogP contribution in [0, 0.1) is 11.3 Å². The van der Waals surface area contributed by atoms with Crippen molar-refractivity contribution in [2.45, 2.75) is 76.9 Å². The van der Waals surface area contributed by atoms with Crippen molar-refractivity contribution >= 4 is 23.5 Å². The molecule has 30 heavy (non-hydrogen) atoms. The van der Waals surface area contributed by atoms with Crippen molar-refractivity contribution in [3.63, 3.8) is 0 Å². The van der Waals surface area contributed by atoms with Gasteiger partial charge in [-0.2, -0.15) is 0 Å². The van der Waals surface area contributed by atoms with E-state index in [1.54, 1.807) is 7.11 Å². The number of hydrogen-bond acceptors (Lipinski definition) is 4. The lowest BCUT2D eigenvalue weighted by Gasteiger charge is -2.32. The van der Waals surface area contributed by atoms with E-state index in [0.717, 1.165) is 37.1 Å². The van der Waals surface area contributed by atoms with Crippen molar-refractivity contribution in [1.82, 2.24) is 5.32 Å². The number of halogens is 1. The maximum Gasteiger partial charge on any atom is 0.311 e. The second kappa shape index (κ2) is 9.27. The van der Waals surface area contributed by atoms with Gasteiger partial charge in [-0.25, -0.2) is 0 Å². The SMILES string of the molecule is COCC(CC1(C(=O)N[C@@H]2C[C@H]2c2ccc(Cl)cc2)CCCC1)C(=O)OC(C)(C)C. The lowest BCUT2D eigenvalue weighted by molar-refractivity contribution is -0.163. The van der Waals surface area contributed by atoms with E-state index in [2.05, 4.69) is 5.32 Å². The average molecular weight is 436 g/mol. The van der Waals surface area contributed by atoms with E-state index < -0.39 is 16.9 Å². The molecule has 3 atom stereocenters. The summed E-state index contributed by atoms with van der Waals surface area (Å²) in [7, 11) is 1.58. The minimum Gasteiger partial charge on any atom is -0.460 e. The van der Waals surface area contributed by atoms with Crippen LogP contribution in [-0.2, 0) is 19.1 Å². The van der Waals surface area contributed by atoms with Crippen LogP contribution in [0.25, 0.3) is 0 Å². The molecule has 166 valence electrons. The molecule has 1 aromatic carbocycles. The van der Waals surface area contributed by atoms with Gasteiger partial charge in [0.1, 0.15) is 5.60 Å². The Labute approximate surface area is 184 Å². The van der Waals surface area contributed by atoms with Gasteiger partial charge in [-0.1, -0.05) is 36.6 Å². The molecule has 0 aromatic heterocycles. The molecule has 2 aliphatic rings. The second-order valence-electron chi connectivity index (χ2n) is 9.85. The molecule has 3 rings (SSSR count). The molecular formula is C24H34ClNO4. The van der Waals surface area contributed by atoms with Crippen LogP contribution in [0.4, 0.5) is 0 Å². The first-order chi connectivity index (χ1) is 14.1. The highest BCUT2D eigenvalue weighted by Gasteiger charge is 2.48. The number of amides is 1. The summed E-state index contributed by atoms with van der Waals surface area (Å²) in [5.41, 5.74) is 0.123. The fourth-order valence-corrected chi connectivity index (χ4v) is 4.72. The summed E-state index contributed by atoms with van der Waals surface area (Å²) in [5, 5.41) is 3.99. The molecule has 0 heterocycles. The minimum absolute atomic E-state index is 0.0751. The number of carbonyl (C=O) groups excluding carboxylic acids is 2. The van der Waals surface area contributed by atoms with Gasteiger partial charge < -0.3 is 14.8 Å². The van der Waals surface area contributed by atoms with Gasteiger partial charge in [0.15, 0.2) is 0 Å². The fraction of sp³-hybridized carbons (Fsp3) is 0.667. The van der Waals surface area contributed by atoms with Crippen LogP contribution >= 0.6 is 11.6 Å². The van der Waals surface area contributed by atoms with Crippen molar-refractivity contribution in [2.24, 2.45) is 11.3 Å². The molecule has 2 fully saturated rings. The molecule has 2 saturated carbocycles. The smallest absolute Gasteiger partial charge is 0.311 e. The predicted octanol–water partition coefficient (Wildman–Crippen LogP) is 4.87. The zero-order valence-electron chi connectivity index (χ0n) is 18.5. The molecule has 0 aliphatic heterocycles. The molecule has 1 aromatic rings. The molecule has 0 radical (unpaired) electrons. The molecule has 0 saturated heterocycles. The second-order valence-corrected chi connectivity index (χ2v) is 10.3. The quantitative estimate of drug-likeness (QED) is 0.592. The van der Waals surface area contributed by atoms with Gasteiger partial charge in [-0.15, -0.1) is 0 Å². The molecule has 0 spiro atoms. The average Bonchev–Trinajstić information content (AvgIpc) is 3.25. The van der Waals surface area contributed by atoms with E-state index in [0.29, 0.717) is 12.3 Å². The van der Waals surface area contributed by atoms with Gasteiger partial charge in [0.2, 0.25) is 5.91 Å². The summed E-state index contributed by atoms with van der Waals surface area (Å²) in [4.78, 5) is 26.1. The van der Waals surface area contributed by atoms with Gasteiger partial charge in [0, 0.05) is 24.1 Å². The first kappa shape index (κ1) is 23.1. The Bertz CT molecular complexity index is 749. The van der Waals surface area contributed by atoms with Gasteiger partial charge >= 0.3 is 5.97 Å². The van der Waals surface area contributed by atoms with Crippen molar-refractivity contribution in [3.8, 4) is 0 Å². The molecular weight excluding hydrogens is 402 g/mol. The van der Waals surface area contributed by atoms with E-state index in [1.807, 2.05) is 45.0 Å². The Kier molecular flexibility index (Phi) is 7.13. The Morgan fingerprint density at radius 3 is 2.40 bits per heavy atom. The summed E-state index contributed by atoms with van der Waals surface area (Å²) in [6.07, 6.45) is 5.04. The number of nitrogens with one attached hydrogen (secondary N) is 1. The highest BCUT2D eigenvalue weighted by molar-refractivity contribution is 6.30. The highest BCUT2D eigenvalue weighted by atomic mass is 35.5. The third-order valence-corrected chi connectivity index (χ3v) is 6.44. The van der Waals surface area contributed by atoms with Gasteiger partial charge in [0.05, 0.1) is 17.9 Å². The van der Waals surface area contributed by atoms with E-state index in [1.165, 1.54) is 5.56 Å². The van der Waals surface area contributed by atoms with Gasteiger partial charge in [0.25, 0.3) is 0 Å². The standard InChI is InChI=1S/C24H34ClNO4/c1-23(2,3)30-21(27)17(15-29-4)14-24(11-5-6-12-24)22(28)26-20-13-19(20)16-7-9-18(25)10-8-16/h7-10,17,19-20H,5-6,11-15H2,1-4H3,(H,26,28)/t17?,19-,20+/m0/s1. The third-order valence-electron chi connectivity index (χ3n) is 6.19. The van der Waals surface area contributed by atoms with Crippen LogP contribution in [0.5, 0.6) is 0 Å². The van der Waals surface area contributed by atoms with E-state index in [9.17, 15) is 9.59 Å². The van der Waals surface area contributed by atoms with Crippen molar-refractivity contribution in [3.05, 3.63) is 34.9 Å². The van der Waals surface area contributed by atoms with Crippen LogP contribution in [0.3, 0.4) is 0 Å². The topological polar surface area (TPSA) is 64.6 Å². The Hall–Kier alpha value is -1.59. The predicted molar refractivity (Wildman–Crippen MR) is 117 cm³/mol. The lowest BCUT2D eigenvalue weighted by Crippen LogP contribution is -2.44. The van der Waals surface area contributed by atoms with Gasteiger partial charge in [-0.05, 0) is 64.2 Å². The zero-order chi connectivity index (χ0) is 21.9. The number of methoxy groups -OCH3 is 1. The summed E-state index contributed by atoms with van der Waals surface area (Å²) in [5.74, 6) is -0.311. The van der Waals surface area contributed by atoms with Crippen LogP contribution < -0.4 is 5.32 Å². The fourth-order valence-electron chi connectivity index (χ4n) is 4.60. The Morgan fingerprint density at radius 1 is 1.20 bits per heavy atom. The number of carbonyl (C=O) groups is 2. The number of esters is 1. The van der Waals surface area contributed by atoms with Crippen LogP contribution in [0.15, 0.2) is 24.3 Å². The summed E-state index contributed by atoms with van der Waals surface area (Å²) in [6.45, 7) is 5.84. The maximum atomic E-state index is 13.4. The zero-order valence-corrected chi connectivity index (χ0v) is 19.3. The highest BCUT2D eigenvalue weighted by Crippen LogP contribution is 2.46. The number of hydrogen-bond donors (Lipinski definition) is 1. The molecule has 1 N–H and O–H groups in total. The molecule has 1 amide bonds. The van der Waals surface area contributed by atoms with E-state index >= 15 is 0 Å². The summed E-state index contributed by atoms with van der Waals surface area (Å²) >= 11 is 5.98. The molecule has 6 heteroatoms.